The second kappa shape index (κ2) is 7.89. The Hall–Kier alpha value is -3.04. The summed E-state index contributed by atoms with van der Waals surface area (Å²) in [5.41, 5.74) is 6.01. The van der Waals surface area contributed by atoms with Crippen molar-refractivity contribution in [1.29, 1.82) is 0 Å². The van der Waals surface area contributed by atoms with Gasteiger partial charge in [-0.1, -0.05) is 60.7 Å². The second-order valence-electron chi connectivity index (χ2n) is 6.03. The van der Waals surface area contributed by atoms with Gasteiger partial charge in [-0.25, -0.2) is 4.98 Å². The van der Waals surface area contributed by atoms with E-state index in [1.54, 1.807) is 6.92 Å². The Morgan fingerprint density at radius 2 is 1.69 bits per heavy atom. The van der Waals surface area contributed by atoms with Gasteiger partial charge in [0.05, 0.1) is 11.2 Å². The van der Waals surface area contributed by atoms with Gasteiger partial charge < -0.3 is 5.11 Å². The zero-order chi connectivity index (χ0) is 18.5. The molecule has 26 heavy (non-hydrogen) atoms. The Bertz CT molecular complexity index is 998. The molecule has 0 aliphatic heterocycles. The molecule has 0 radical (unpaired) electrons. The van der Waals surface area contributed by atoms with Crippen molar-refractivity contribution in [2.45, 2.75) is 13.3 Å². The van der Waals surface area contributed by atoms with Gasteiger partial charge in [-0.15, -0.1) is 0 Å². The van der Waals surface area contributed by atoms with E-state index in [0.29, 0.717) is 0 Å². The molecule has 0 unspecified atom stereocenters. The van der Waals surface area contributed by atoms with Crippen LogP contribution in [-0.2, 0) is 0 Å². The lowest BCUT2D eigenvalue weighted by atomic mass is 9.99. The molecule has 1 N–H and O–H groups in total. The summed E-state index contributed by atoms with van der Waals surface area (Å²) in [7, 11) is 1.00. The van der Waals surface area contributed by atoms with Crippen LogP contribution < -0.4 is 0 Å². The maximum atomic E-state index is 12.0. The Kier molecular flexibility index (Phi) is 5.40. The highest BCUT2D eigenvalue weighted by atomic mass is 16.2. The summed E-state index contributed by atoms with van der Waals surface area (Å²) in [6, 6.07) is 18.1. The first-order valence-corrected chi connectivity index (χ1v) is 8.54. The normalized spacial score (nSPS) is 12.5. The van der Waals surface area contributed by atoms with Crippen LogP contribution in [0.4, 0.5) is 0 Å². The first kappa shape index (κ1) is 17.8. The van der Waals surface area contributed by atoms with E-state index in [1.165, 1.54) is 11.1 Å². The van der Waals surface area contributed by atoms with Crippen LogP contribution in [0.3, 0.4) is 0 Å². The number of para-hydroxylation sites is 1. The number of hydrogen-bond donors (Lipinski definition) is 1. The summed E-state index contributed by atoms with van der Waals surface area (Å²) in [6.07, 6.45) is 7.39. The van der Waals surface area contributed by atoms with Crippen LogP contribution in [-0.4, -0.2) is 23.0 Å². The summed E-state index contributed by atoms with van der Waals surface area (Å²) < 4.78 is 0. The molecule has 0 saturated heterocycles. The SMILES string of the molecule is CC(=O)c1cc(-c2ccc(C3=CC=CC3)cc2)nc2ccccc12.CO. The maximum Gasteiger partial charge on any atom is 0.160 e. The lowest BCUT2D eigenvalue weighted by molar-refractivity contribution is 0.101. The number of rotatable bonds is 3. The van der Waals surface area contributed by atoms with Gasteiger partial charge in [0.1, 0.15) is 0 Å². The van der Waals surface area contributed by atoms with Crippen molar-refractivity contribution >= 4 is 22.3 Å². The molecule has 0 fully saturated rings. The highest BCUT2D eigenvalue weighted by Crippen LogP contribution is 2.28. The van der Waals surface area contributed by atoms with Gasteiger partial charge in [0.25, 0.3) is 0 Å². The van der Waals surface area contributed by atoms with Crippen LogP contribution in [0.25, 0.3) is 27.7 Å². The van der Waals surface area contributed by atoms with E-state index >= 15 is 0 Å². The molecule has 3 heteroatoms. The van der Waals surface area contributed by atoms with Gasteiger partial charge in [0.2, 0.25) is 0 Å². The third-order valence-corrected chi connectivity index (χ3v) is 4.42. The minimum Gasteiger partial charge on any atom is -0.400 e. The van der Waals surface area contributed by atoms with Crippen LogP contribution in [0.5, 0.6) is 0 Å². The van der Waals surface area contributed by atoms with Gasteiger partial charge in [0, 0.05) is 23.6 Å². The minimum atomic E-state index is 0.0636. The maximum absolute atomic E-state index is 12.0. The number of hydrogen-bond acceptors (Lipinski definition) is 3. The van der Waals surface area contributed by atoms with E-state index in [0.717, 1.165) is 41.3 Å². The van der Waals surface area contributed by atoms with Crippen LogP contribution in [0.2, 0.25) is 0 Å². The summed E-state index contributed by atoms with van der Waals surface area (Å²) in [4.78, 5) is 16.8. The molecule has 1 aliphatic carbocycles. The molecule has 130 valence electrons. The molecule has 3 nitrogen and oxygen atoms in total. The van der Waals surface area contributed by atoms with E-state index in [2.05, 4.69) is 42.5 Å². The Morgan fingerprint density at radius 3 is 2.35 bits per heavy atom. The second-order valence-corrected chi connectivity index (χ2v) is 6.03. The van der Waals surface area contributed by atoms with Crippen molar-refractivity contribution in [3.05, 3.63) is 84.0 Å². The monoisotopic (exact) mass is 343 g/mol. The molecular formula is C23H21NO2. The van der Waals surface area contributed by atoms with Gasteiger partial charge in [-0.3, -0.25) is 4.79 Å². The van der Waals surface area contributed by atoms with Gasteiger partial charge in [0.15, 0.2) is 5.78 Å². The number of carbonyl (C=O) groups is 1. The zero-order valence-electron chi connectivity index (χ0n) is 14.9. The van der Waals surface area contributed by atoms with Crippen molar-refractivity contribution in [2.75, 3.05) is 7.11 Å². The predicted molar refractivity (Wildman–Crippen MR) is 107 cm³/mol. The van der Waals surface area contributed by atoms with Crippen molar-refractivity contribution in [1.82, 2.24) is 4.98 Å². The summed E-state index contributed by atoms with van der Waals surface area (Å²) in [5.74, 6) is 0.0636. The van der Waals surface area contributed by atoms with Crippen LogP contribution >= 0.6 is 0 Å². The third kappa shape index (κ3) is 3.48. The number of nitrogens with zero attached hydrogens (tertiary/aromatic N) is 1. The quantitative estimate of drug-likeness (QED) is 0.677. The zero-order valence-corrected chi connectivity index (χ0v) is 14.9. The summed E-state index contributed by atoms with van der Waals surface area (Å²) >= 11 is 0. The molecule has 0 amide bonds. The third-order valence-electron chi connectivity index (χ3n) is 4.42. The lowest BCUT2D eigenvalue weighted by Crippen LogP contribution is -1.97. The average Bonchev–Trinajstić information content (AvgIpc) is 3.23. The van der Waals surface area contributed by atoms with Crippen LogP contribution in [0, 0.1) is 0 Å². The van der Waals surface area contributed by atoms with E-state index in [9.17, 15) is 4.79 Å². The number of allylic oxidation sites excluding steroid dienone is 4. The lowest BCUT2D eigenvalue weighted by Gasteiger charge is -2.09. The predicted octanol–water partition coefficient (Wildman–Crippen LogP) is 5.06. The minimum absolute atomic E-state index is 0.0636. The fourth-order valence-corrected chi connectivity index (χ4v) is 3.13. The molecular weight excluding hydrogens is 322 g/mol. The molecule has 4 rings (SSSR count). The molecule has 0 saturated carbocycles. The number of carbonyl (C=O) groups excluding carboxylic acids is 1. The fraction of sp³-hybridized carbons (Fsp3) is 0.130. The van der Waals surface area contributed by atoms with Crippen molar-refractivity contribution in [2.24, 2.45) is 0 Å². The van der Waals surface area contributed by atoms with Crippen LogP contribution in [0.15, 0.2) is 72.8 Å². The fourth-order valence-electron chi connectivity index (χ4n) is 3.13. The Balaban J connectivity index is 0.000000948. The van der Waals surface area contributed by atoms with E-state index in [1.807, 2.05) is 30.3 Å². The van der Waals surface area contributed by atoms with E-state index in [4.69, 9.17) is 10.1 Å². The number of aliphatic hydroxyl groups excluding tert-OH is 1. The molecule has 1 aliphatic rings. The number of fused-ring (bicyclic) bond motifs is 1. The summed E-state index contributed by atoms with van der Waals surface area (Å²) in [5, 5.41) is 7.91. The number of pyridine rings is 1. The first-order valence-electron chi connectivity index (χ1n) is 8.54. The van der Waals surface area contributed by atoms with Gasteiger partial charge in [-0.05, 0) is 36.6 Å². The molecule has 2 aromatic carbocycles. The standard InChI is InChI=1S/C22H17NO.CH4O/c1-15(24)20-14-22(23-21-9-5-4-8-19(20)21)18-12-10-17(11-13-18)16-6-2-3-7-16;1-2/h2-6,8-14H,7H2,1H3;2H,1H3. The smallest absolute Gasteiger partial charge is 0.160 e. The number of benzene rings is 2. The Morgan fingerprint density at radius 1 is 1.00 bits per heavy atom. The largest absolute Gasteiger partial charge is 0.400 e. The molecule has 1 aromatic heterocycles. The summed E-state index contributed by atoms with van der Waals surface area (Å²) in [6.45, 7) is 1.61. The van der Waals surface area contributed by atoms with Gasteiger partial charge >= 0.3 is 0 Å². The van der Waals surface area contributed by atoms with Crippen molar-refractivity contribution < 1.29 is 9.90 Å². The number of aromatic nitrogens is 1. The molecule has 0 bridgehead atoms. The topological polar surface area (TPSA) is 50.2 Å². The van der Waals surface area contributed by atoms with E-state index in [-0.39, 0.29) is 5.78 Å². The number of ketones is 1. The van der Waals surface area contributed by atoms with Crippen LogP contribution in [0.1, 0.15) is 29.3 Å². The highest BCUT2D eigenvalue weighted by molar-refractivity contribution is 6.07. The molecule has 1 heterocycles. The Labute approximate surface area is 153 Å². The van der Waals surface area contributed by atoms with Crippen molar-refractivity contribution in [3.8, 4) is 11.3 Å². The number of aliphatic hydroxyl groups is 1. The highest BCUT2D eigenvalue weighted by Gasteiger charge is 2.11. The van der Waals surface area contributed by atoms with Gasteiger partial charge in [-0.2, -0.15) is 0 Å². The molecule has 3 aromatic rings. The van der Waals surface area contributed by atoms with Crippen molar-refractivity contribution in [3.63, 3.8) is 0 Å². The molecule has 0 atom stereocenters. The number of Topliss-reactive ketones (excluding diaryl/α,β-unsaturated/α-hetero) is 1. The first-order chi connectivity index (χ1) is 12.7. The average molecular weight is 343 g/mol. The van der Waals surface area contributed by atoms with E-state index < -0.39 is 0 Å². The molecule has 0 spiro atoms.